The minimum Gasteiger partial charge on any atom is -0.372 e. The van der Waals surface area contributed by atoms with E-state index in [1.54, 1.807) is 0 Å². The van der Waals surface area contributed by atoms with Crippen LogP contribution in [-0.4, -0.2) is 13.1 Å². The molecule has 0 atom stereocenters. The SMILES string of the molecule is [c]1cccc(CCc2cccc(N3CCCC3)c2)c1. The quantitative estimate of drug-likeness (QED) is 0.796. The predicted octanol–water partition coefficient (Wildman–Crippen LogP) is 3.87. The average molecular weight is 250 g/mol. The lowest BCUT2D eigenvalue weighted by Gasteiger charge is -2.18. The van der Waals surface area contributed by atoms with E-state index >= 15 is 0 Å². The van der Waals surface area contributed by atoms with E-state index in [0.717, 1.165) is 12.8 Å². The largest absolute Gasteiger partial charge is 0.372 e. The van der Waals surface area contributed by atoms with Crippen LogP contribution in [0.1, 0.15) is 24.0 Å². The van der Waals surface area contributed by atoms with Crippen LogP contribution >= 0.6 is 0 Å². The van der Waals surface area contributed by atoms with Gasteiger partial charge in [0.05, 0.1) is 0 Å². The fourth-order valence-corrected chi connectivity index (χ4v) is 2.76. The van der Waals surface area contributed by atoms with Gasteiger partial charge in [0.2, 0.25) is 0 Å². The molecule has 1 fully saturated rings. The third-order valence-electron chi connectivity index (χ3n) is 3.86. The minimum atomic E-state index is 1.10. The van der Waals surface area contributed by atoms with Crippen molar-refractivity contribution in [2.24, 2.45) is 0 Å². The summed E-state index contributed by atoms with van der Waals surface area (Å²) >= 11 is 0. The minimum absolute atomic E-state index is 1.10. The second-order valence-corrected chi connectivity index (χ2v) is 5.28. The van der Waals surface area contributed by atoms with Crippen molar-refractivity contribution in [2.75, 3.05) is 18.0 Å². The molecule has 1 heteroatoms. The molecule has 1 radical (unpaired) electrons. The molecule has 0 aromatic heterocycles. The van der Waals surface area contributed by atoms with Crippen LogP contribution in [0.25, 0.3) is 0 Å². The molecule has 0 saturated carbocycles. The molecule has 1 heterocycles. The Labute approximate surface area is 115 Å². The van der Waals surface area contributed by atoms with E-state index in [9.17, 15) is 0 Å². The molecule has 2 aromatic carbocycles. The Morgan fingerprint density at radius 3 is 2.53 bits per heavy atom. The van der Waals surface area contributed by atoms with Crippen LogP contribution in [0.2, 0.25) is 0 Å². The van der Waals surface area contributed by atoms with Gasteiger partial charge in [0.15, 0.2) is 0 Å². The summed E-state index contributed by atoms with van der Waals surface area (Å²) in [5.41, 5.74) is 4.21. The van der Waals surface area contributed by atoms with Gasteiger partial charge in [-0.1, -0.05) is 36.4 Å². The maximum absolute atomic E-state index is 3.15. The van der Waals surface area contributed by atoms with Crippen molar-refractivity contribution < 1.29 is 0 Å². The van der Waals surface area contributed by atoms with Gasteiger partial charge in [-0.25, -0.2) is 0 Å². The van der Waals surface area contributed by atoms with E-state index in [1.165, 1.54) is 42.7 Å². The normalized spacial score (nSPS) is 14.8. The topological polar surface area (TPSA) is 3.24 Å². The van der Waals surface area contributed by atoms with Gasteiger partial charge in [-0.15, -0.1) is 0 Å². The van der Waals surface area contributed by atoms with E-state index in [1.807, 2.05) is 6.07 Å². The summed E-state index contributed by atoms with van der Waals surface area (Å²) in [6.07, 6.45) is 4.88. The Morgan fingerprint density at radius 1 is 0.947 bits per heavy atom. The number of nitrogens with zero attached hydrogens (tertiary/aromatic N) is 1. The molecule has 3 rings (SSSR count). The summed E-state index contributed by atoms with van der Waals surface area (Å²) in [5, 5.41) is 0. The van der Waals surface area contributed by atoms with Crippen LogP contribution in [0.4, 0.5) is 5.69 Å². The van der Waals surface area contributed by atoms with E-state index in [-0.39, 0.29) is 0 Å². The van der Waals surface area contributed by atoms with Crippen molar-refractivity contribution in [3.8, 4) is 0 Å². The van der Waals surface area contributed by atoms with Gasteiger partial charge in [0.1, 0.15) is 0 Å². The molecule has 0 spiro atoms. The molecular weight excluding hydrogens is 230 g/mol. The zero-order chi connectivity index (χ0) is 12.9. The summed E-state index contributed by atoms with van der Waals surface area (Å²) in [7, 11) is 0. The van der Waals surface area contributed by atoms with Gasteiger partial charge in [-0.05, 0) is 55.0 Å². The lowest BCUT2D eigenvalue weighted by Crippen LogP contribution is -2.17. The highest BCUT2D eigenvalue weighted by molar-refractivity contribution is 5.49. The number of aryl methyl sites for hydroxylation is 2. The van der Waals surface area contributed by atoms with Crippen molar-refractivity contribution in [3.63, 3.8) is 0 Å². The molecule has 0 amide bonds. The molecule has 1 aliphatic heterocycles. The summed E-state index contributed by atoms with van der Waals surface area (Å²) in [4.78, 5) is 2.50. The molecule has 2 aromatic rings. The maximum atomic E-state index is 3.15. The van der Waals surface area contributed by atoms with E-state index in [2.05, 4.69) is 53.4 Å². The molecule has 0 aliphatic carbocycles. The Balaban J connectivity index is 1.66. The Kier molecular flexibility index (Phi) is 3.83. The Bertz CT molecular complexity index is 512. The lowest BCUT2D eigenvalue weighted by atomic mass is 10.0. The van der Waals surface area contributed by atoms with Gasteiger partial charge in [-0.3, -0.25) is 0 Å². The highest BCUT2D eigenvalue weighted by atomic mass is 15.1. The summed E-state index contributed by atoms with van der Waals surface area (Å²) in [6.45, 7) is 2.44. The highest BCUT2D eigenvalue weighted by Crippen LogP contribution is 2.21. The summed E-state index contributed by atoms with van der Waals surface area (Å²) in [6, 6.07) is 20.5. The molecule has 0 N–H and O–H groups in total. The van der Waals surface area contributed by atoms with Crippen molar-refractivity contribution in [3.05, 3.63) is 65.7 Å². The molecule has 97 valence electrons. The zero-order valence-electron chi connectivity index (χ0n) is 11.3. The van der Waals surface area contributed by atoms with Gasteiger partial charge in [0.25, 0.3) is 0 Å². The third kappa shape index (κ3) is 3.17. The van der Waals surface area contributed by atoms with Crippen molar-refractivity contribution in [2.45, 2.75) is 25.7 Å². The van der Waals surface area contributed by atoms with Gasteiger partial charge >= 0.3 is 0 Å². The summed E-state index contributed by atoms with van der Waals surface area (Å²) in [5.74, 6) is 0. The fourth-order valence-electron chi connectivity index (χ4n) is 2.76. The number of hydrogen-bond donors (Lipinski definition) is 0. The average Bonchev–Trinajstić information content (AvgIpc) is 3.01. The standard InChI is InChI=1S/C18H20N/c1-2-7-16(8-3-1)11-12-17-9-6-10-18(15-17)19-13-4-5-14-19/h1-2,6-10,15H,4-5,11-14H2. The van der Waals surface area contributed by atoms with Crippen LogP contribution in [0.3, 0.4) is 0 Å². The molecule has 19 heavy (non-hydrogen) atoms. The molecule has 1 aliphatic rings. The van der Waals surface area contributed by atoms with Gasteiger partial charge in [-0.2, -0.15) is 0 Å². The molecule has 0 bridgehead atoms. The molecule has 0 unspecified atom stereocenters. The smallest absolute Gasteiger partial charge is 0.0368 e. The second-order valence-electron chi connectivity index (χ2n) is 5.28. The second kappa shape index (κ2) is 5.92. The van der Waals surface area contributed by atoms with Crippen molar-refractivity contribution >= 4 is 5.69 Å². The number of anilines is 1. The van der Waals surface area contributed by atoms with E-state index in [4.69, 9.17) is 0 Å². The van der Waals surface area contributed by atoms with E-state index < -0.39 is 0 Å². The molecule has 1 nitrogen and oxygen atoms in total. The van der Waals surface area contributed by atoms with E-state index in [0.29, 0.717) is 0 Å². The lowest BCUT2D eigenvalue weighted by molar-refractivity contribution is 0.940. The Hall–Kier alpha value is -1.76. The van der Waals surface area contributed by atoms with Crippen molar-refractivity contribution in [1.29, 1.82) is 0 Å². The van der Waals surface area contributed by atoms with Crippen molar-refractivity contribution in [1.82, 2.24) is 0 Å². The fraction of sp³-hybridized carbons (Fsp3) is 0.333. The number of benzene rings is 2. The molecule has 1 saturated heterocycles. The third-order valence-corrected chi connectivity index (χ3v) is 3.86. The summed E-state index contributed by atoms with van der Waals surface area (Å²) < 4.78 is 0. The maximum Gasteiger partial charge on any atom is 0.0368 e. The predicted molar refractivity (Wildman–Crippen MR) is 80.6 cm³/mol. The first kappa shape index (κ1) is 12.3. The van der Waals surface area contributed by atoms with Gasteiger partial charge in [0, 0.05) is 18.8 Å². The van der Waals surface area contributed by atoms with Gasteiger partial charge < -0.3 is 4.90 Å². The first-order chi connectivity index (χ1) is 9.42. The number of hydrogen-bond acceptors (Lipinski definition) is 1. The van der Waals surface area contributed by atoms with Crippen LogP contribution in [0.5, 0.6) is 0 Å². The van der Waals surface area contributed by atoms with Crippen LogP contribution in [0.15, 0.2) is 48.5 Å². The molecular formula is C18H20N. The van der Waals surface area contributed by atoms with Crippen LogP contribution in [-0.2, 0) is 12.8 Å². The monoisotopic (exact) mass is 250 g/mol. The number of rotatable bonds is 4. The highest BCUT2D eigenvalue weighted by Gasteiger charge is 2.12. The zero-order valence-corrected chi connectivity index (χ0v) is 11.3. The van der Waals surface area contributed by atoms with Crippen LogP contribution < -0.4 is 4.90 Å². The Morgan fingerprint density at radius 2 is 1.74 bits per heavy atom. The first-order valence-electron chi connectivity index (χ1n) is 7.21. The van der Waals surface area contributed by atoms with Crippen LogP contribution in [0, 0.1) is 6.07 Å². The first-order valence-corrected chi connectivity index (χ1v) is 7.21.